The third kappa shape index (κ3) is 1.87. The molecule has 0 aliphatic heterocycles. The van der Waals surface area contributed by atoms with E-state index in [1.165, 1.54) is 49.1 Å². The van der Waals surface area contributed by atoms with Gasteiger partial charge in [-0.25, -0.2) is 4.98 Å². The van der Waals surface area contributed by atoms with Crippen LogP contribution < -0.4 is 0 Å². The first-order valence-corrected chi connectivity index (χ1v) is 7.96. The molecule has 2 aliphatic rings. The van der Waals surface area contributed by atoms with Gasteiger partial charge in [-0.05, 0) is 39.0 Å². The molecule has 2 saturated carbocycles. The monoisotopic (exact) mass is 260 g/mol. The van der Waals surface area contributed by atoms with Gasteiger partial charge in [0, 0.05) is 10.8 Å². The summed E-state index contributed by atoms with van der Waals surface area (Å²) in [5, 5.41) is 10.5. The molecule has 3 rings (SSSR count). The Kier molecular flexibility index (Phi) is 3.15. The highest BCUT2D eigenvalue weighted by atomic mass is 32.1. The molecule has 0 spiro atoms. The Morgan fingerprint density at radius 2 is 1.94 bits per heavy atom. The number of rotatable bonds is 2. The van der Waals surface area contributed by atoms with Crippen LogP contribution in [0.25, 0.3) is 0 Å². The highest BCUT2D eigenvalue weighted by molar-refractivity contribution is 7.11. The van der Waals surface area contributed by atoms with Crippen molar-refractivity contribution >= 4 is 11.3 Å². The van der Waals surface area contributed by atoms with E-state index in [2.05, 4.69) is 13.0 Å². The molecule has 2 fully saturated rings. The van der Waals surface area contributed by atoms with Crippen molar-refractivity contribution in [1.29, 1.82) is 5.26 Å². The highest BCUT2D eigenvalue weighted by Crippen LogP contribution is 2.46. The molecule has 0 aromatic carbocycles. The molecule has 96 valence electrons. The lowest BCUT2D eigenvalue weighted by Gasteiger charge is -2.32. The summed E-state index contributed by atoms with van der Waals surface area (Å²) < 4.78 is 0. The van der Waals surface area contributed by atoms with Crippen LogP contribution in [-0.2, 0) is 5.41 Å². The van der Waals surface area contributed by atoms with Gasteiger partial charge in [-0.2, -0.15) is 5.26 Å². The topological polar surface area (TPSA) is 36.7 Å². The van der Waals surface area contributed by atoms with E-state index >= 15 is 0 Å². The van der Waals surface area contributed by atoms with E-state index in [0.29, 0.717) is 5.92 Å². The molecule has 0 atom stereocenters. The Hall–Kier alpha value is -0.880. The highest BCUT2D eigenvalue weighted by Gasteiger charge is 2.42. The summed E-state index contributed by atoms with van der Waals surface area (Å²) in [5.41, 5.74) is 1.10. The average Bonchev–Trinajstić information content (AvgIpc) is 2.72. The summed E-state index contributed by atoms with van der Waals surface area (Å²) in [4.78, 5) is 6.25. The van der Waals surface area contributed by atoms with Crippen LogP contribution in [-0.4, -0.2) is 4.98 Å². The Labute approximate surface area is 113 Å². The van der Waals surface area contributed by atoms with Gasteiger partial charge in [-0.15, -0.1) is 11.3 Å². The number of aryl methyl sites for hydroxylation is 1. The minimum atomic E-state index is -0.220. The Morgan fingerprint density at radius 3 is 2.50 bits per heavy atom. The molecule has 0 bridgehead atoms. The van der Waals surface area contributed by atoms with E-state index in [1.54, 1.807) is 11.3 Å². The molecule has 1 aromatic heterocycles. The second-order valence-corrected chi connectivity index (χ2v) is 7.05. The van der Waals surface area contributed by atoms with Gasteiger partial charge in [0.1, 0.15) is 10.4 Å². The molecule has 18 heavy (non-hydrogen) atoms. The molecule has 1 aromatic rings. The quantitative estimate of drug-likeness (QED) is 0.788. The summed E-state index contributed by atoms with van der Waals surface area (Å²) in [5.74, 6) is 0.666. The van der Waals surface area contributed by atoms with Gasteiger partial charge in [0.25, 0.3) is 0 Å². The number of hydrogen-bond donors (Lipinski definition) is 0. The van der Waals surface area contributed by atoms with Gasteiger partial charge >= 0.3 is 0 Å². The standard InChI is InChI=1S/C15H20N2S/c1-11-13(12-6-3-2-4-7-12)17-14(18-11)15(10-16)8-5-9-15/h12H,2-9H2,1H3. The van der Waals surface area contributed by atoms with E-state index < -0.39 is 0 Å². The van der Waals surface area contributed by atoms with E-state index in [1.807, 2.05) is 0 Å². The molecular weight excluding hydrogens is 240 g/mol. The first kappa shape index (κ1) is 12.2. The molecule has 0 amide bonds. The second kappa shape index (κ2) is 4.66. The van der Waals surface area contributed by atoms with Crippen molar-refractivity contribution in [3.05, 3.63) is 15.6 Å². The van der Waals surface area contributed by atoms with Crippen molar-refractivity contribution < 1.29 is 0 Å². The van der Waals surface area contributed by atoms with Gasteiger partial charge < -0.3 is 0 Å². The molecule has 2 aliphatic carbocycles. The molecule has 0 N–H and O–H groups in total. The first-order chi connectivity index (χ1) is 8.75. The Morgan fingerprint density at radius 1 is 1.22 bits per heavy atom. The van der Waals surface area contributed by atoms with Gasteiger partial charge in [-0.3, -0.25) is 0 Å². The number of nitrogens with zero attached hydrogens (tertiary/aromatic N) is 2. The van der Waals surface area contributed by atoms with Gasteiger partial charge in [0.2, 0.25) is 0 Å². The number of aromatic nitrogens is 1. The van der Waals surface area contributed by atoms with Crippen molar-refractivity contribution in [3.63, 3.8) is 0 Å². The van der Waals surface area contributed by atoms with Crippen LogP contribution in [0.1, 0.15) is 72.9 Å². The van der Waals surface area contributed by atoms with Crippen LogP contribution in [0.2, 0.25) is 0 Å². The third-order valence-electron chi connectivity index (χ3n) is 4.65. The summed E-state index contributed by atoms with van der Waals surface area (Å²) in [6.45, 7) is 2.19. The molecule has 0 unspecified atom stereocenters. The maximum absolute atomic E-state index is 9.42. The largest absolute Gasteiger partial charge is 0.244 e. The van der Waals surface area contributed by atoms with Gasteiger partial charge in [0.05, 0.1) is 11.8 Å². The second-order valence-electron chi connectivity index (χ2n) is 5.84. The maximum Gasteiger partial charge on any atom is 0.113 e. The predicted octanol–water partition coefficient (Wildman–Crippen LogP) is 4.44. The van der Waals surface area contributed by atoms with E-state index in [0.717, 1.165) is 17.8 Å². The molecule has 2 nitrogen and oxygen atoms in total. The van der Waals surface area contributed by atoms with Gasteiger partial charge in [-0.1, -0.05) is 19.3 Å². The van der Waals surface area contributed by atoms with Crippen LogP contribution in [0.4, 0.5) is 0 Å². The zero-order valence-electron chi connectivity index (χ0n) is 11.0. The maximum atomic E-state index is 9.42. The smallest absolute Gasteiger partial charge is 0.113 e. The lowest BCUT2D eigenvalue weighted by Crippen LogP contribution is -2.32. The molecule has 3 heteroatoms. The molecule has 1 heterocycles. The van der Waals surface area contributed by atoms with Crippen molar-refractivity contribution in [3.8, 4) is 6.07 Å². The lowest BCUT2D eigenvalue weighted by molar-refractivity contribution is 0.321. The van der Waals surface area contributed by atoms with Crippen LogP contribution in [0.15, 0.2) is 0 Å². The SMILES string of the molecule is Cc1sc(C2(C#N)CCC2)nc1C1CCCCC1. The van der Waals surface area contributed by atoms with E-state index in [4.69, 9.17) is 4.98 Å². The number of hydrogen-bond acceptors (Lipinski definition) is 3. The van der Waals surface area contributed by atoms with Crippen LogP contribution in [0.5, 0.6) is 0 Å². The van der Waals surface area contributed by atoms with E-state index in [-0.39, 0.29) is 5.41 Å². The first-order valence-electron chi connectivity index (χ1n) is 7.14. The van der Waals surface area contributed by atoms with Crippen molar-refractivity contribution in [2.45, 2.75) is 69.6 Å². The molecule has 0 saturated heterocycles. The van der Waals surface area contributed by atoms with Crippen molar-refractivity contribution in [2.75, 3.05) is 0 Å². The Balaban J connectivity index is 1.88. The Bertz CT molecular complexity index is 473. The van der Waals surface area contributed by atoms with Crippen molar-refractivity contribution in [1.82, 2.24) is 4.98 Å². The molecular formula is C15H20N2S. The fourth-order valence-corrected chi connectivity index (χ4v) is 4.47. The summed E-state index contributed by atoms with van der Waals surface area (Å²) >= 11 is 1.78. The number of nitriles is 1. The number of thiazole rings is 1. The summed E-state index contributed by atoms with van der Waals surface area (Å²) in [7, 11) is 0. The van der Waals surface area contributed by atoms with Gasteiger partial charge in [0.15, 0.2) is 0 Å². The van der Waals surface area contributed by atoms with Crippen LogP contribution in [0, 0.1) is 18.3 Å². The van der Waals surface area contributed by atoms with Crippen LogP contribution in [0.3, 0.4) is 0 Å². The lowest BCUT2D eigenvalue weighted by atomic mass is 9.70. The average molecular weight is 260 g/mol. The fourth-order valence-electron chi connectivity index (χ4n) is 3.27. The third-order valence-corrected chi connectivity index (χ3v) is 5.85. The molecule has 0 radical (unpaired) electrons. The predicted molar refractivity (Wildman–Crippen MR) is 73.8 cm³/mol. The normalized spacial score (nSPS) is 23.3. The zero-order valence-corrected chi connectivity index (χ0v) is 11.9. The summed E-state index contributed by atoms with van der Waals surface area (Å²) in [6.07, 6.45) is 9.88. The van der Waals surface area contributed by atoms with Crippen LogP contribution >= 0.6 is 11.3 Å². The van der Waals surface area contributed by atoms with E-state index in [9.17, 15) is 5.26 Å². The minimum absolute atomic E-state index is 0.220. The minimum Gasteiger partial charge on any atom is -0.244 e. The zero-order chi connectivity index (χ0) is 12.6. The summed E-state index contributed by atoms with van der Waals surface area (Å²) in [6, 6.07) is 2.52. The van der Waals surface area contributed by atoms with Crippen molar-refractivity contribution in [2.24, 2.45) is 0 Å². The fraction of sp³-hybridized carbons (Fsp3) is 0.733.